The van der Waals surface area contributed by atoms with Crippen molar-refractivity contribution in [2.24, 2.45) is 0 Å². The van der Waals surface area contributed by atoms with Gasteiger partial charge in [0.2, 0.25) is 0 Å². The Bertz CT molecular complexity index is 626. The Morgan fingerprint density at radius 2 is 1.71 bits per heavy atom. The first-order valence-corrected chi connectivity index (χ1v) is 6.93. The predicted molar refractivity (Wildman–Crippen MR) is 82.1 cm³/mol. The second kappa shape index (κ2) is 5.83. The predicted octanol–water partition coefficient (Wildman–Crippen LogP) is 2.40. The lowest BCUT2D eigenvalue weighted by molar-refractivity contribution is 0.172. The van der Waals surface area contributed by atoms with Gasteiger partial charge in [0.1, 0.15) is 19.0 Å². The molecular weight excluding hydrogens is 268 g/mol. The SMILES string of the molecule is Nc1cc2c(cc1NCCc1ccc(O)cc1)OCCO2. The van der Waals surface area contributed by atoms with E-state index in [0.29, 0.717) is 24.7 Å². The number of nitrogens with one attached hydrogen (secondary N) is 1. The Hall–Kier alpha value is -2.56. The number of benzene rings is 2. The number of rotatable bonds is 4. The molecule has 0 radical (unpaired) electrons. The molecule has 0 bridgehead atoms. The molecule has 1 aliphatic rings. The highest BCUT2D eigenvalue weighted by Gasteiger charge is 2.14. The number of hydrogen-bond acceptors (Lipinski definition) is 5. The highest BCUT2D eigenvalue weighted by atomic mass is 16.6. The molecule has 3 rings (SSSR count). The molecule has 110 valence electrons. The first kappa shape index (κ1) is 13.4. The van der Waals surface area contributed by atoms with Crippen molar-refractivity contribution in [2.75, 3.05) is 30.8 Å². The molecule has 4 N–H and O–H groups in total. The molecule has 5 heteroatoms. The molecule has 0 saturated carbocycles. The molecule has 0 aliphatic carbocycles. The van der Waals surface area contributed by atoms with E-state index in [2.05, 4.69) is 5.32 Å². The molecule has 0 aromatic heterocycles. The normalized spacial score (nSPS) is 13.0. The van der Waals surface area contributed by atoms with Crippen LogP contribution < -0.4 is 20.5 Å². The quantitative estimate of drug-likeness (QED) is 0.752. The fourth-order valence-corrected chi connectivity index (χ4v) is 2.26. The molecule has 0 fully saturated rings. The minimum Gasteiger partial charge on any atom is -0.508 e. The molecule has 1 aliphatic heterocycles. The number of anilines is 2. The van der Waals surface area contributed by atoms with Gasteiger partial charge in [-0.2, -0.15) is 0 Å². The van der Waals surface area contributed by atoms with Gasteiger partial charge in [0.25, 0.3) is 0 Å². The highest BCUT2D eigenvalue weighted by Crippen LogP contribution is 2.36. The summed E-state index contributed by atoms with van der Waals surface area (Å²) in [5, 5.41) is 12.6. The van der Waals surface area contributed by atoms with E-state index < -0.39 is 0 Å². The van der Waals surface area contributed by atoms with E-state index in [1.807, 2.05) is 18.2 Å². The standard InChI is InChI=1S/C16H18N2O3/c17-13-9-15-16(21-8-7-20-15)10-14(13)18-6-5-11-1-3-12(19)4-2-11/h1-4,9-10,18-19H,5-8,17H2. The smallest absolute Gasteiger partial charge is 0.163 e. The van der Waals surface area contributed by atoms with Gasteiger partial charge in [0.15, 0.2) is 11.5 Å². The highest BCUT2D eigenvalue weighted by molar-refractivity contribution is 5.72. The molecule has 0 saturated heterocycles. The Balaban J connectivity index is 1.63. The first-order valence-electron chi connectivity index (χ1n) is 6.93. The van der Waals surface area contributed by atoms with Gasteiger partial charge in [-0.3, -0.25) is 0 Å². The van der Waals surface area contributed by atoms with Crippen LogP contribution in [-0.4, -0.2) is 24.9 Å². The van der Waals surface area contributed by atoms with Crippen LogP contribution in [0.1, 0.15) is 5.56 Å². The van der Waals surface area contributed by atoms with Crippen LogP contribution in [0, 0.1) is 0 Å². The maximum absolute atomic E-state index is 9.25. The fourth-order valence-electron chi connectivity index (χ4n) is 2.26. The molecule has 0 atom stereocenters. The van der Waals surface area contributed by atoms with E-state index in [1.165, 1.54) is 0 Å². The second-order valence-electron chi connectivity index (χ2n) is 4.93. The number of fused-ring (bicyclic) bond motifs is 1. The Labute approximate surface area is 123 Å². The molecular formula is C16H18N2O3. The summed E-state index contributed by atoms with van der Waals surface area (Å²) >= 11 is 0. The molecule has 0 spiro atoms. The molecule has 1 heterocycles. The van der Waals surface area contributed by atoms with Crippen molar-refractivity contribution in [1.82, 2.24) is 0 Å². The summed E-state index contributed by atoms with van der Waals surface area (Å²) in [4.78, 5) is 0. The number of nitrogen functional groups attached to an aromatic ring is 1. The van der Waals surface area contributed by atoms with E-state index in [9.17, 15) is 5.11 Å². The number of phenols is 1. The fraction of sp³-hybridized carbons (Fsp3) is 0.250. The third kappa shape index (κ3) is 3.13. The zero-order chi connectivity index (χ0) is 14.7. The summed E-state index contributed by atoms with van der Waals surface area (Å²) in [7, 11) is 0. The lowest BCUT2D eigenvalue weighted by Crippen LogP contribution is -2.16. The minimum atomic E-state index is 0.280. The van der Waals surface area contributed by atoms with E-state index in [0.717, 1.165) is 30.0 Å². The number of nitrogens with two attached hydrogens (primary N) is 1. The van der Waals surface area contributed by atoms with Crippen molar-refractivity contribution < 1.29 is 14.6 Å². The zero-order valence-corrected chi connectivity index (χ0v) is 11.6. The van der Waals surface area contributed by atoms with E-state index in [1.54, 1.807) is 18.2 Å². The lowest BCUT2D eigenvalue weighted by atomic mass is 10.1. The largest absolute Gasteiger partial charge is 0.508 e. The van der Waals surface area contributed by atoms with E-state index in [4.69, 9.17) is 15.2 Å². The Morgan fingerprint density at radius 3 is 2.43 bits per heavy atom. The van der Waals surface area contributed by atoms with Crippen LogP contribution in [0.3, 0.4) is 0 Å². The average molecular weight is 286 g/mol. The zero-order valence-electron chi connectivity index (χ0n) is 11.6. The van der Waals surface area contributed by atoms with Gasteiger partial charge in [0, 0.05) is 18.7 Å². The minimum absolute atomic E-state index is 0.280. The van der Waals surface area contributed by atoms with Gasteiger partial charge in [-0.25, -0.2) is 0 Å². The van der Waals surface area contributed by atoms with Crippen LogP contribution in [0.2, 0.25) is 0 Å². The monoisotopic (exact) mass is 286 g/mol. The summed E-state index contributed by atoms with van der Waals surface area (Å²) in [5.74, 6) is 1.70. The maximum Gasteiger partial charge on any atom is 0.163 e. The Kier molecular flexibility index (Phi) is 3.73. The molecule has 2 aromatic rings. The van der Waals surface area contributed by atoms with Gasteiger partial charge in [-0.1, -0.05) is 12.1 Å². The van der Waals surface area contributed by atoms with E-state index >= 15 is 0 Å². The van der Waals surface area contributed by atoms with E-state index in [-0.39, 0.29) is 5.75 Å². The van der Waals surface area contributed by atoms with Crippen LogP contribution in [0.4, 0.5) is 11.4 Å². The van der Waals surface area contributed by atoms with Crippen LogP contribution in [-0.2, 0) is 6.42 Å². The summed E-state index contributed by atoms with van der Waals surface area (Å²) in [5.41, 5.74) is 8.65. The van der Waals surface area contributed by atoms with Crippen molar-refractivity contribution in [3.05, 3.63) is 42.0 Å². The molecule has 21 heavy (non-hydrogen) atoms. The van der Waals surface area contributed by atoms with Gasteiger partial charge in [-0.05, 0) is 24.1 Å². The van der Waals surface area contributed by atoms with Crippen LogP contribution in [0.15, 0.2) is 36.4 Å². The van der Waals surface area contributed by atoms with Crippen molar-refractivity contribution in [2.45, 2.75) is 6.42 Å². The summed E-state index contributed by atoms with van der Waals surface area (Å²) in [6.07, 6.45) is 0.841. The number of ether oxygens (including phenoxy) is 2. The van der Waals surface area contributed by atoms with Gasteiger partial charge < -0.3 is 25.6 Å². The third-order valence-corrected chi connectivity index (χ3v) is 3.38. The van der Waals surface area contributed by atoms with Gasteiger partial charge >= 0.3 is 0 Å². The van der Waals surface area contributed by atoms with Crippen molar-refractivity contribution in [3.63, 3.8) is 0 Å². The second-order valence-corrected chi connectivity index (χ2v) is 4.93. The van der Waals surface area contributed by atoms with Crippen molar-refractivity contribution in [3.8, 4) is 17.2 Å². The van der Waals surface area contributed by atoms with Gasteiger partial charge in [0.05, 0.1) is 11.4 Å². The van der Waals surface area contributed by atoms with Gasteiger partial charge in [-0.15, -0.1) is 0 Å². The number of phenolic OH excluding ortho intramolecular Hbond substituents is 1. The summed E-state index contributed by atoms with van der Waals surface area (Å²) < 4.78 is 11.0. The third-order valence-electron chi connectivity index (χ3n) is 3.38. The number of aromatic hydroxyl groups is 1. The first-order chi connectivity index (χ1) is 10.2. The van der Waals surface area contributed by atoms with Crippen molar-refractivity contribution >= 4 is 11.4 Å². The van der Waals surface area contributed by atoms with Crippen LogP contribution in [0.25, 0.3) is 0 Å². The molecule has 5 nitrogen and oxygen atoms in total. The topological polar surface area (TPSA) is 76.7 Å². The maximum atomic E-state index is 9.25. The number of hydrogen-bond donors (Lipinski definition) is 3. The van der Waals surface area contributed by atoms with Crippen LogP contribution in [0.5, 0.6) is 17.2 Å². The molecule has 0 amide bonds. The van der Waals surface area contributed by atoms with Crippen molar-refractivity contribution in [1.29, 1.82) is 0 Å². The summed E-state index contributed by atoms with van der Waals surface area (Å²) in [6, 6.07) is 10.9. The lowest BCUT2D eigenvalue weighted by Gasteiger charge is -2.20. The average Bonchev–Trinajstić information content (AvgIpc) is 2.50. The molecule has 0 unspecified atom stereocenters. The summed E-state index contributed by atoms with van der Waals surface area (Å²) in [6.45, 7) is 1.86. The Morgan fingerprint density at radius 1 is 1.05 bits per heavy atom. The molecule has 2 aromatic carbocycles. The van der Waals surface area contributed by atoms with Crippen LogP contribution >= 0.6 is 0 Å².